The number of amides is 1. The van der Waals surface area contributed by atoms with Gasteiger partial charge in [0.15, 0.2) is 0 Å². The zero-order chi connectivity index (χ0) is 15.8. The monoisotopic (exact) mass is 324 g/mol. The van der Waals surface area contributed by atoms with Crippen LogP contribution in [0.4, 0.5) is 11.4 Å². The molecule has 1 aromatic carbocycles. The van der Waals surface area contributed by atoms with Crippen LogP contribution in [0.25, 0.3) is 0 Å². The molecule has 1 amide bonds. The molecule has 0 spiro atoms. The van der Waals surface area contributed by atoms with Crippen molar-refractivity contribution in [3.8, 4) is 0 Å². The Hall–Kier alpha value is -1.80. The van der Waals surface area contributed by atoms with Gasteiger partial charge in [-0.15, -0.1) is 0 Å². The lowest BCUT2D eigenvalue weighted by atomic mass is 10.2. The minimum absolute atomic E-state index is 0.00404. The maximum atomic E-state index is 11.8. The minimum atomic E-state index is -0.423. The first-order valence-electron chi connectivity index (χ1n) is 7.22. The van der Waals surface area contributed by atoms with Gasteiger partial charge in [-0.1, -0.05) is 12.1 Å². The van der Waals surface area contributed by atoms with Gasteiger partial charge in [0.25, 0.3) is 5.69 Å². The second kappa shape index (κ2) is 8.60. The summed E-state index contributed by atoms with van der Waals surface area (Å²) >= 11 is 1.86. The quantitative estimate of drug-likeness (QED) is 0.396. The van der Waals surface area contributed by atoms with Gasteiger partial charge >= 0.3 is 0 Å². The van der Waals surface area contributed by atoms with Crippen molar-refractivity contribution >= 4 is 29.0 Å². The van der Waals surface area contributed by atoms with Crippen molar-refractivity contribution in [2.75, 3.05) is 36.5 Å². The van der Waals surface area contributed by atoms with Crippen molar-refractivity contribution in [2.24, 2.45) is 0 Å². The minimum Gasteiger partial charge on any atom is -0.378 e. The molecule has 1 atom stereocenters. The first-order valence-corrected chi connectivity index (χ1v) is 8.37. The number of nitrogens with zero attached hydrogens (tertiary/aromatic N) is 1. The highest BCUT2D eigenvalue weighted by Gasteiger charge is 2.16. The summed E-state index contributed by atoms with van der Waals surface area (Å²) in [6.45, 7) is 1.83. The number of hydrogen-bond donors (Lipinski definition) is 3. The Bertz CT molecular complexity index is 521. The fourth-order valence-electron chi connectivity index (χ4n) is 2.23. The molecule has 0 bridgehead atoms. The number of thioether (sulfide) groups is 1. The van der Waals surface area contributed by atoms with Crippen LogP contribution in [0.2, 0.25) is 0 Å². The van der Waals surface area contributed by atoms with Gasteiger partial charge in [-0.25, -0.2) is 0 Å². The third kappa shape index (κ3) is 5.19. The van der Waals surface area contributed by atoms with E-state index in [0.717, 1.165) is 18.1 Å². The number of benzene rings is 1. The summed E-state index contributed by atoms with van der Waals surface area (Å²) in [5.41, 5.74) is 0.504. The molecular formula is C14H20N4O3S. The number of carbonyl (C=O) groups excluding carboxylic acids is 1. The molecule has 0 radical (unpaired) electrons. The van der Waals surface area contributed by atoms with Gasteiger partial charge < -0.3 is 16.0 Å². The lowest BCUT2D eigenvalue weighted by Crippen LogP contribution is -2.42. The Morgan fingerprint density at radius 1 is 1.41 bits per heavy atom. The van der Waals surface area contributed by atoms with Crippen molar-refractivity contribution < 1.29 is 9.72 Å². The van der Waals surface area contributed by atoms with Crippen LogP contribution in [0.3, 0.4) is 0 Å². The highest BCUT2D eigenvalue weighted by Crippen LogP contribution is 2.22. The summed E-state index contributed by atoms with van der Waals surface area (Å²) in [7, 11) is 0. The SMILES string of the molecule is O=C(CC1CSCCN1)NCCNc1ccccc1[N+](=O)[O-]. The van der Waals surface area contributed by atoms with Crippen LogP contribution in [0, 0.1) is 10.1 Å². The molecule has 1 fully saturated rings. The fourth-order valence-corrected chi connectivity index (χ4v) is 3.18. The molecule has 1 aliphatic heterocycles. The Kier molecular flexibility index (Phi) is 6.47. The smallest absolute Gasteiger partial charge is 0.292 e. The van der Waals surface area contributed by atoms with Crippen molar-refractivity contribution in [1.29, 1.82) is 0 Å². The Morgan fingerprint density at radius 3 is 2.95 bits per heavy atom. The van der Waals surface area contributed by atoms with E-state index in [4.69, 9.17) is 0 Å². The van der Waals surface area contributed by atoms with Crippen LogP contribution in [0.1, 0.15) is 6.42 Å². The lowest BCUT2D eigenvalue weighted by Gasteiger charge is -2.22. The number of nitro benzene ring substituents is 1. The van der Waals surface area contributed by atoms with E-state index >= 15 is 0 Å². The van der Waals surface area contributed by atoms with E-state index < -0.39 is 4.92 Å². The molecule has 0 saturated carbocycles. The largest absolute Gasteiger partial charge is 0.378 e. The number of carbonyl (C=O) groups is 1. The third-order valence-electron chi connectivity index (χ3n) is 3.29. The van der Waals surface area contributed by atoms with Gasteiger partial charge in [0.05, 0.1) is 4.92 Å². The van der Waals surface area contributed by atoms with E-state index in [1.165, 1.54) is 6.07 Å². The van der Waals surface area contributed by atoms with Crippen LogP contribution >= 0.6 is 11.8 Å². The molecule has 8 heteroatoms. The number of nitro groups is 1. The molecule has 1 unspecified atom stereocenters. The predicted octanol–water partition coefficient (Wildman–Crippen LogP) is 1.22. The number of anilines is 1. The Balaban J connectivity index is 1.68. The predicted molar refractivity (Wildman–Crippen MR) is 88.3 cm³/mol. The van der Waals surface area contributed by atoms with E-state index in [0.29, 0.717) is 25.2 Å². The number of rotatable bonds is 7. The highest BCUT2D eigenvalue weighted by atomic mass is 32.2. The molecule has 1 heterocycles. The molecule has 0 aliphatic carbocycles. The summed E-state index contributed by atoms with van der Waals surface area (Å²) in [4.78, 5) is 22.2. The Morgan fingerprint density at radius 2 is 2.23 bits per heavy atom. The zero-order valence-electron chi connectivity index (χ0n) is 12.2. The van der Waals surface area contributed by atoms with Crippen LogP contribution in [0.5, 0.6) is 0 Å². The maximum absolute atomic E-state index is 11.8. The number of hydrogen-bond acceptors (Lipinski definition) is 6. The fraction of sp³-hybridized carbons (Fsp3) is 0.500. The molecule has 1 aliphatic rings. The van der Waals surface area contributed by atoms with Crippen molar-refractivity contribution in [2.45, 2.75) is 12.5 Å². The first kappa shape index (κ1) is 16.6. The van der Waals surface area contributed by atoms with E-state index in [2.05, 4.69) is 16.0 Å². The van der Waals surface area contributed by atoms with Crippen molar-refractivity contribution in [1.82, 2.24) is 10.6 Å². The second-order valence-electron chi connectivity index (χ2n) is 4.98. The molecule has 7 nitrogen and oxygen atoms in total. The summed E-state index contributed by atoms with van der Waals surface area (Å²) in [5, 5.41) is 20.0. The van der Waals surface area contributed by atoms with Gasteiger partial charge in [0, 0.05) is 49.7 Å². The van der Waals surface area contributed by atoms with Crippen molar-refractivity contribution in [3.63, 3.8) is 0 Å². The van der Waals surface area contributed by atoms with Gasteiger partial charge in [0.1, 0.15) is 5.69 Å². The molecular weight excluding hydrogens is 304 g/mol. The number of nitrogens with one attached hydrogen (secondary N) is 3. The third-order valence-corrected chi connectivity index (χ3v) is 4.42. The topological polar surface area (TPSA) is 96.3 Å². The van der Waals surface area contributed by atoms with Crippen LogP contribution < -0.4 is 16.0 Å². The van der Waals surface area contributed by atoms with E-state index in [9.17, 15) is 14.9 Å². The van der Waals surface area contributed by atoms with Crippen molar-refractivity contribution in [3.05, 3.63) is 34.4 Å². The molecule has 1 saturated heterocycles. The van der Waals surface area contributed by atoms with Gasteiger partial charge in [-0.2, -0.15) is 11.8 Å². The lowest BCUT2D eigenvalue weighted by molar-refractivity contribution is -0.384. The summed E-state index contributed by atoms with van der Waals surface area (Å²) in [5.74, 6) is 2.06. The van der Waals surface area contributed by atoms with Crippen LogP contribution in [-0.4, -0.2) is 48.0 Å². The van der Waals surface area contributed by atoms with Gasteiger partial charge in [0.2, 0.25) is 5.91 Å². The summed E-state index contributed by atoms with van der Waals surface area (Å²) in [6.07, 6.45) is 0.471. The first-order chi connectivity index (χ1) is 10.7. The molecule has 0 aromatic heterocycles. The summed E-state index contributed by atoms with van der Waals surface area (Å²) in [6, 6.07) is 6.71. The maximum Gasteiger partial charge on any atom is 0.292 e. The average Bonchev–Trinajstić information content (AvgIpc) is 2.53. The molecule has 3 N–H and O–H groups in total. The molecule has 1 aromatic rings. The normalized spacial score (nSPS) is 17.7. The second-order valence-corrected chi connectivity index (χ2v) is 6.13. The van der Waals surface area contributed by atoms with Crippen LogP contribution in [-0.2, 0) is 4.79 Å². The molecule has 22 heavy (non-hydrogen) atoms. The highest BCUT2D eigenvalue weighted by molar-refractivity contribution is 7.99. The zero-order valence-corrected chi connectivity index (χ0v) is 13.0. The standard InChI is InChI=1S/C14H20N4O3S/c19-14(9-11-10-22-8-7-15-11)17-6-5-16-12-3-1-2-4-13(12)18(20)21/h1-4,11,15-16H,5-10H2,(H,17,19). The van der Waals surface area contributed by atoms with E-state index in [1.54, 1.807) is 18.2 Å². The van der Waals surface area contributed by atoms with E-state index in [-0.39, 0.29) is 17.6 Å². The van der Waals surface area contributed by atoms with Crippen LogP contribution in [0.15, 0.2) is 24.3 Å². The number of para-hydroxylation sites is 2. The van der Waals surface area contributed by atoms with Gasteiger partial charge in [-0.05, 0) is 6.07 Å². The molecule has 2 rings (SSSR count). The average molecular weight is 324 g/mol. The molecule has 120 valence electrons. The van der Waals surface area contributed by atoms with Gasteiger partial charge in [-0.3, -0.25) is 14.9 Å². The van der Waals surface area contributed by atoms with E-state index in [1.807, 2.05) is 11.8 Å². The summed E-state index contributed by atoms with van der Waals surface area (Å²) < 4.78 is 0. The Labute approximate surface area is 133 Å².